The third kappa shape index (κ3) is 4.83. The van der Waals surface area contributed by atoms with Crippen molar-refractivity contribution < 1.29 is 9.53 Å². The second-order valence-electron chi connectivity index (χ2n) is 5.06. The van der Waals surface area contributed by atoms with Gasteiger partial charge in [-0.2, -0.15) is 5.10 Å². The number of primary amides is 1. The predicted octanol–water partition coefficient (Wildman–Crippen LogP) is 1.77. The summed E-state index contributed by atoms with van der Waals surface area (Å²) in [6, 6.07) is 7.93. The zero-order valence-electron chi connectivity index (χ0n) is 12.2. The lowest BCUT2D eigenvalue weighted by Crippen LogP contribution is -2.18. The van der Waals surface area contributed by atoms with E-state index in [0.717, 1.165) is 17.0 Å². The van der Waals surface area contributed by atoms with E-state index in [1.54, 1.807) is 12.4 Å². The number of hydrogen-bond acceptors (Lipinski definition) is 4. The standard InChI is InChI=1S/C15H20N4O2/c1-11(2)21-14-5-3-4-12(6-14)7-17-13-8-18-19(9-13)10-15(16)20/h3-6,8-9,11,17H,7,10H2,1-2H3,(H2,16,20). The number of carbonyl (C=O) groups is 1. The number of nitrogens with two attached hydrogens (primary N) is 1. The Morgan fingerprint density at radius 2 is 2.29 bits per heavy atom. The van der Waals surface area contributed by atoms with E-state index >= 15 is 0 Å². The van der Waals surface area contributed by atoms with E-state index in [-0.39, 0.29) is 12.6 Å². The smallest absolute Gasteiger partial charge is 0.239 e. The molecule has 0 aliphatic rings. The third-order valence-corrected chi connectivity index (χ3v) is 2.72. The molecule has 6 heteroatoms. The number of nitrogens with zero attached hydrogens (tertiary/aromatic N) is 2. The normalized spacial score (nSPS) is 10.6. The minimum absolute atomic E-state index is 0.0827. The number of hydrogen-bond donors (Lipinski definition) is 2. The fraction of sp³-hybridized carbons (Fsp3) is 0.333. The SMILES string of the molecule is CC(C)Oc1cccc(CNc2cnn(CC(N)=O)c2)c1. The minimum atomic E-state index is -0.414. The topological polar surface area (TPSA) is 82.2 Å². The molecule has 3 N–H and O–H groups in total. The molecule has 0 saturated heterocycles. The van der Waals surface area contributed by atoms with Crippen molar-refractivity contribution >= 4 is 11.6 Å². The first-order valence-electron chi connectivity index (χ1n) is 6.83. The van der Waals surface area contributed by atoms with Crippen LogP contribution in [-0.2, 0) is 17.9 Å². The van der Waals surface area contributed by atoms with Crippen molar-refractivity contribution in [2.24, 2.45) is 5.73 Å². The van der Waals surface area contributed by atoms with Gasteiger partial charge in [-0.1, -0.05) is 12.1 Å². The molecular weight excluding hydrogens is 268 g/mol. The Hall–Kier alpha value is -2.50. The van der Waals surface area contributed by atoms with Crippen molar-refractivity contribution in [3.05, 3.63) is 42.2 Å². The first kappa shape index (κ1) is 14.9. The summed E-state index contributed by atoms with van der Waals surface area (Å²) in [7, 11) is 0. The quantitative estimate of drug-likeness (QED) is 0.813. The van der Waals surface area contributed by atoms with Gasteiger partial charge in [-0.15, -0.1) is 0 Å². The van der Waals surface area contributed by atoms with Crippen molar-refractivity contribution in [3.63, 3.8) is 0 Å². The molecule has 0 fully saturated rings. The van der Waals surface area contributed by atoms with Gasteiger partial charge >= 0.3 is 0 Å². The second kappa shape index (κ2) is 6.78. The molecule has 0 unspecified atom stereocenters. The number of anilines is 1. The minimum Gasteiger partial charge on any atom is -0.491 e. The van der Waals surface area contributed by atoms with Crippen LogP contribution in [0.15, 0.2) is 36.7 Å². The Morgan fingerprint density at radius 1 is 1.48 bits per heavy atom. The van der Waals surface area contributed by atoms with E-state index in [9.17, 15) is 4.79 Å². The molecule has 1 heterocycles. The van der Waals surface area contributed by atoms with Crippen molar-refractivity contribution in [1.82, 2.24) is 9.78 Å². The summed E-state index contributed by atoms with van der Waals surface area (Å²) >= 11 is 0. The molecule has 1 amide bonds. The van der Waals surface area contributed by atoms with E-state index in [2.05, 4.69) is 10.4 Å². The van der Waals surface area contributed by atoms with Gasteiger partial charge in [0.05, 0.1) is 18.0 Å². The molecule has 0 aliphatic heterocycles. The van der Waals surface area contributed by atoms with Crippen molar-refractivity contribution in [1.29, 1.82) is 0 Å². The highest BCUT2D eigenvalue weighted by Crippen LogP contribution is 2.16. The van der Waals surface area contributed by atoms with Crippen LogP contribution in [0, 0.1) is 0 Å². The summed E-state index contributed by atoms with van der Waals surface area (Å²) in [4.78, 5) is 10.8. The lowest BCUT2D eigenvalue weighted by atomic mass is 10.2. The van der Waals surface area contributed by atoms with Gasteiger partial charge in [-0.25, -0.2) is 0 Å². The number of carbonyl (C=O) groups excluding carboxylic acids is 1. The summed E-state index contributed by atoms with van der Waals surface area (Å²) in [6.45, 7) is 4.73. The fourth-order valence-corrected chi connectivity index (χ4v) is 1.91. The van der Waals surface area contributed by atoms with E-state index in [1.807, 2.05) is 38.1 Å². The molecule has 2 rings (SSSR count). The predicted molar refractivity (Wildman–Crippen MR) is 81.0 cm³/mol. The van der Waals surface area contributed by atoms with Crippen LogP contribution in [-0.4, -0.2) is 21.8 Å². The van der Waals surface area contributed by atoms with Crippen LogP contribution < -0.4 is 15.8 Å². The van der Waals surface area contributed by atoms with Crippen LogP contribution in [0.3, 0.4) is 0 Å². The number of ether oxygens (including phenoxy) is 1. The Morgan fingerprint density at radius 3 is 3.00 bits per heavy atom. The van der Waals surface area contributed by atoms with Gasteiger partial charge in [0, 0.05) is 12.7 Å². The molecule has 1 aromatic heterocycles. The highest BCUT2D eigenvalue weighted by molar-refractivity contribution is 5.73. The molecule has 0 atom stereocenters. The average molecular weight is 288 g/mol. The lowest BCUT2D eigenvalue weighted by molar-refractivity contribution is -0.118. The van der Waals surface area contributed by atoms with Gasteiger partial charge in [-0.05, 0) is 31.5 Å². The lowest BCUT2D eigenvalue weighted by Gasteiger charge is -2.11. The van der Waals surface area contributed by atoms with Gasteiger partial charge in [0.2, 0.25) is 5.91 Å². The van der Waals surface area contributed by atoms with E-state index in [0.29, 0.717) is 6.54 Å². The van der Waals surface area contributed by atoms with Crippen LogP contribution >= 0.6 is 0 Å². The van der Waals surface area contributed by atoms with Gasteiger partial charge in [0.25, 0.3) is 0 Å². The maximum absolute atomic E-state index is 10.8. The van der Waals surface area contributed by atoms with E-state index in [4.69, 9.17) is 10.5 Å². The van der Waals surface area contributed by atoms with Crippen LogP contribution in [0.4, 0.5) is 5.69 Å². The molecule has 21 heavy (non-hydrogen) atoms. The fourth-order valence-electron chi connectivity index (χ4n) is 1.91. The van der Waals surface area contributed by atoms with E-state index < -0.39 is 5.91 Å². The summed E-state index contributed by atoms with van der Waals surface area (Å²) < 4.78 is 7.16. The Kier molecular flexibility index (Phi) is 4.81. The molecule has 6 nitrogen and oxygen atoms in total. The highest BCUT2D eigenvalue weighted by atomic mass is 16.5. The molecule has 0 bridgehead atoms. The first-order chi connectivity index (χ1) is 10.0. The van der Waals surface area contributed by atoms with Gasteiger partial charge in [-0.3, -0.25) is 9.48 Å². The average Bonchev–Trinajstić information content (AvgIpc) is 2.83. The largest absolute Gasteiger partial charge is 0.491 e. The molecule has 0 aliphatic carbocycles. The van der Waals surface area contributed by atoms with Crippen LogP contribution in [0.1, 0.15) is 19.4 Å². The zero-order chi connectivity index (χ0) is 15.2. The summed E-state index contributed by atoms with van der Waals surface area (Å²) in [5.41, 5.74) is 7.07. The molecule has 0 saturated carbocycles. The Bertz CT molecular complexity index is 607. The maximum atomic E-state index is 10.8. The number of aromatic nitrogens is 2. The first-order valence-corrected chi connectivity index (χ1v) is 6.83. The van der Waals surface area contributed by atoms with Crippen molar-refractivity contribution in [2.75, 3.05) is 5.32 Å². The third-order valence-electron chi connectivity index (χ3n) is 2.72. The summed E-state index contributed by atoms with van der Waals surface area (Å²) in [6.07, 6.45) is 3.57. The number of nitrogens with one attached hydrogen (secondary N) is 1. The molecule has 2 aromatic rings. The van der Waals surface area contributed by atoms with Crippen LogP contribution in [0.2, 0.25) is 0 Å². The Labute approximate surface area is 123 Å². The van der Waals surface area contributed by atoms with Crippen LogP contribution in [0.25, 0.3) is 0 Å². The number of rotatable bonds is 7. The van der Waals surface area contributed by atoms with Gasteiger partial charge in [0.15, 0.2) is 0 Å². The summed E-state index contributed by atoms with van der Waals surface area (Å²) in [5.74, 6) is 0.442. The maximum Gasteiger partial charge on any atom is 0.239 e. The molecule has 112 valence electrons. The van der Waals surface area contributed by atoms with Gasteiger partial charge in [0.1, 0.15) is 12.3 Å². The van der Waals surface area contributed by atoms with Crippen molar-refractivity contribution in [2.45, 2.75) is 33.0 Å². The molecular formula is C15H20N4O2. The van der Waals surface area contributed by atoms with Crippen molar-refractivity contribution in [3.8, 4) is 5.75 Å². The number of benzene rings is 1. The summed E-state index contributed by atoms with van der Waals surface area (Å²) in [5, 5.41) is 7.30. The Balaban J connectivity index is 1.93. The molecule has 1 aromatic carbocycles. The number of amides is 1. The van der Waals surface area contributed by atoms with E-state index in [1.165, 1.54) is 4.68 Å². The second-order valence-corrected chi connectivity index (χ2v) is 5.06. The van der Waals surface area contributed by atoms with Crippen LogP contribution in [0.5, 0.6) is 5.75 Å². The zero-order valence-corrected chi connectivity index (χ0v) is 12.2. The molecule has 0 radical (unpaired) electrons. The highest BCUT2D eigenvalue weighted by Gasteiger charge is 2.03. The van der Waals surface area contributed by atoms with Gasteiger partial charge < -0.3 is 15.8 Å². The molecule has 0 spiro atoms. The monoisotopic (exact) mass is 288 g/mol.